The molecular formula is C12H11ClN2O5. The van der Waals surface area contributed by atoms with E-state index in [0.29, 0.717) is 6.42 Å². The number of nitrogens with zero attached hydrogens (tertiary/aromatic N) is 2. The van der Waals surface area contributed by atoms with Crippen LogP contribution in [0.4, 0.5) is 5.69 Å². The predicted octanol–water partition coefficient (Wildman–Crippen LogP) is 1.79. The highest BCUT2D eigenvalue weighted by atomic mass is 35.5. The fraction of sp³-hybridized carbons (Fsp3) is 0.333. The zero-order valence-electron chi connectivity index (χ0n) is 10.3. The Morgan fingerprint density at radius 3 is 2.70 bits per heavy atom. The molecule has 1 aliphatic rings. The average molecular weight is 299 g/mol. The normalized spacial score (nSPS) is 18.1. The number of hydrogen-bond donors (Lipinski definition) is 1. The second-order valence-electron chi connectivity index (χ2n) is 4.49. The van der Waals surface area contributed by atoms with Crippen LogP contribution >= 0.6 is 11.6 Å². The van der Waals surface area contributed by atoms with Crippen molar-refractivity contribution in [3.8, 4) is 0 Å². The first-order valence-corrected chi connectivity index (χ1v) is 6.24. The molecule has 1 aromatic carbocycles. The van der Waals surface area contributed by atoms with Crippen LogP contribution < -0.4 is 0 Å². The van der Waals surface area contributed by atoms with Crippen LogP contribution in [0.1, 0.15) is 16.8 Å². The summed E-state index contributed by atoms with van der Waals surface area (Å²) in [5, 5.41) is 20.0. The van der Waals surface area contributed by atoms with Gasteiger partial charge in [-0.25, -0.2) is 0 Å². The Bertz CT molecular complexity index is 589. The van der Waals surface area contributed by atoms with E-state index in [2.05, 4.69) is 0 Å². The lowest BCUT2D eigenvalue weighted by atomic mass is 10.1. The summed E-state index contributed by atoms with van der Waals surface area (Å²) in [7, 11) is 0. The maximum atomic E-state index is 12.3. The maximum absolute atomic E-state index is 12.3. The van der Waals surface area contributed by atoms with E-state index < -0.39 is 22.7 Å². The molecule has 1 fully saturated rings. The van der Waals surface area contributed by atoms with Crippen molar-refractivity contribution in [3.63, 3.8) is 0 Å². The molecule has 1 saturated heterocycles. The van der Waals surface area contributed by atoms with E-state index in [1.54, 1.807) is 0 Å². The van der Waals surface area contributed by atoms with Gasteiger partial charge in [-0.1, -0.05) is 11.6 Å². The Kier molecular flexibility index (Phi) is 3.89. The lowest BCUT2D eigenvalue weighted by molar-refractivity contribution is -0.385. The molecule has 0 spiro atoms. The molecule has 1 aliphatic heterocycles. The fourth-order valence-corrected chi connectivity index (χ4v) is 2.33. The number of halogens is 1. The van der Waals surface area contributed by atoms with E-state index in [9.17, 15) is 19.7 Å². The Morgan fingerprint density at radius 1 is 1.45 bits per heavy atom. The number of amides is 1. The van der Waals surface area contributed by atoms with Crippen LogP contribution in [0.3, 0.4) is 0 Å². The van der Waals surface area contributed by atoms with Gasteiger partial charge >= 0.3 is 5.97 Å². The molecule has 1 aromatic rings. The number of benzene rings is 1. The van der Waals surface area contributed by atoms with Crippen molar-refractivity contribution >= 4 is 29.2 Å². The van der Waals surface area contributed by atoms with E-state index in [4.69, 9.17) is 16.7 Å². The molecule has 0 bridgehead atoms. The summed E-state index contributed by atoms with van der Waals surface area (Å²) in [5.74, 6) is -2.17. The molecular weight excluding hydrogens is 288 g/mol. The monoisotopic (exact) mass is 298 g/mol. The van der Waals surface area contributed by atoms with Crippen LogP contribution in [0.5, 0.6) is 0 Å². The molecule has 0 radical (unpaired) electrons. The third kappa shape index (κ3) is 2.72. The number of carboxylic acids is 1. The minimum atomic E-state index is -0.971. The van der Waals surface area contributed by atoms with Gasteiger partial charge in [-0.2, -0.15) is 0 Å². The minimum Gasteiger partial charge on any atom is -0.481 e. The summed E-state index contributed by atoms with van der Waals surface area (Å²) in [6.07, 6.45) is 0.343. The first kappa shape index (κ1) is 14.3. The van der Waals surface area contributed by atoms with Gasteiger partial charge in [-0.15, -0.1) is 0 Å². The van der Waals surface area contributed by atoms with Gasteiger partial charge in [0.2, 0.25) is 0 Å². The van der Waals surface area contributed by atoms with E-state index >= 15 is 0 Å². The summed E-state index contributed by atoms with van der Waals surface area (Å²) in [6, 6.07) is 3.73. The van der Waals surface area contributed by atoms with Gasteiger partial charge in [0.05, 0.1) is 10.8 Å². The van der Waals surface area contributed by atoms with Crippen molar-refractivity contribution in [2.75, 3.05) is 13.1 Å². The number of likely N-dealkylation sites (tertiary alicyclic amines) is 1. The summed E-state index contributed by atoms with van der Waals surface area (Å²) >= 11 is 5.76. The number of aliphatic carboxylic acids is 1. The summed E-state index contributed by atoms with van der Waals surface area (Å²) in [6.45, 7) is 0.317. The van der Waals surface area contributed by atoms with Crippen molar-refractivity contribution in [2.24, 2.45) is 5.92 Å². The molecule has 0 aromatic heterocycles. The van der Waals surface area contributed by atoms with Gasteiger partial charge < -0.3 is 10.0 Å². The van der Waals surface area contributed by atoms with Crippen LogP contribution in [-0.2, 0) is 4.79 Å². The van der Waals surface area contributed by atoms with E-state index in [1.165, 1.54) is 23.1 Å². The Balaban J connectivity index is 2.28. The second kappa shape index (κ2) is 5.46. The highest BCUT2D eigenvalue weighted by Crippen LogP contribution is 2.26. The number of carbonyl (C=O) groups is 2. The smallest absolute Gasteiger partial charge is 0.308 e. The molecule has 0 saturated carbocycles. The molecule has 1 heterocycles. The standard InChI is InChI=1S/C12H11ClN2O5/c13-8-1-2-10(15(19)20)9(5-8)11(16)14-4-3-7(6-14)12(17)18/h1-2,5,7H,3-4,6H2,(H,17,18). The van der Waals surface area contributed by atoms with Crippen LogP contribution in [0.25, 0.3) is 0 Å². The molecule has 1 amide bonds. The number of nitro groups is 1. The van der Waals surface area contributed by atoms with Gasteiger partial charge in [0.1, 0.15) is 5.56 Å². The molecule has 7 nitrogen and oxygen atoms in total. The van der Waals surface area contributed by atoms with Crippen molar-refractivity contribution in [1.82, 2.24) is 4.90 Å². The number of hydrogen-bond acceptors (Lipinski definition) is 4. The van der Waals surface area contributed by atoms with Gasteiger partial charge in [-0.05, 0) is 18.6 Å². The fourth-order valence-electron chi connectivity index (χ4n) is 2.16. The number of carboxylic acid groups (broad SMARTS) is 1. The van der Waals surface area contributed by atoms with E-state index in [1.807, 2.05) is 0 Å². The molecule has 8 heteroatoms. The van der Waals surface area contributed by atoms with Crippen molar-refractivity contribution in [3.05, 3.63) is 38.9 Å². The maximum Gasteiger partial charge on any atom is 0.308 e. The molecule has 1 N–H and O–H groups in total. The average Bonchev–Trinajstić information content (AvgIpc) is 2.87. The molecule has 0 aliphatic carbocycles. The second-order valence-corrected chi connectivity index (χ2v) is 4.93. The lowest BCUT2D eigenvalue weighted by Gasteiger charge is -2.15. The highest BCUT2D eigenvalue weighted by Gasteiger charge is 2.33. The Morgan fingerprint density at radius 2 is 2.15 bits per heavy atom. The zero-order valence-corrected chi connectivity index (χ0v) is 11.0. The third-order valence-corrected chi connectivity index (χ3v) is 3.45. The summed E-state index contributed by atoms with van der Waals surface area (Å²) in [5.41, 5.74) is -0.452. The molecule has 2 rings (SSSR count). The summed E-state index contributed by atoms with van der Waals surface area (Å²) < 4.78 is 0. The van der Waals surface area contributed by atoms with E-state index in [0.717, 1.165) is 0 Å². The summed E-state index contributed by atoms with van der Waals surface area (Å²) in [4.78, 5) is 34.7. The van der Waals surface area contributed by atoms with Crippen LogP contribution in [0.15, 0.2) is 18.2 Å². The van der Waals surface area contributed by atoms with Crippen LogP contribution in [0.2, 0.25) is 5.02 Å². The predicted molar refractivity (Wildman–Crippen MR) is 69.8 cm³/mol. The van der Waals surface area contributed by atoms with Gasteiger partial charge in [-0.3, -0.25) is 19.7 Å². The van der Waals surface area contributed by atoms with Gasteiger partial charge in [0.25, 0.3) is 11.6 Å². The molecule has 1 atom stereocenters. The van der Waals surface area contributed by atoms with Crippen LogP contribution in [0, 0.1) is 16.0 Å². The lowest BCUT2D eigenvalue weighted by Crippen LogP contribution is -2.30. The number of carbonyl (C=O) groups excluding carboxylic acids is 1. The van der Waals surface area contributed by atoms with Crippen molar-refractivity contribution < 1.29 is 19.6 Å². The first-order chi connectivity index (χ1) is 9.40. The zero-order chi connectivity index (χ0) is 14.9. The third-order valence-electron chi connectivity index (χ3n) is 3.21. The minimum absolute atomic E-state index is 0.0534. The van der Waals surface area contributed by atoms with Gasteiger partial charge in [0.15, 0.2) is 0 Å². The van der Waals surface area contributed by atoms with Crippen LogP contribution in [-0.4, -0.2) is 39.9 Å². The molecule has 20 heavy (non-hydrogen) atoms. The first-order valence-electron chi connectivity index (χ1n) is 5.86. The topological polar surface area (TPSA) is 101 Å². The Labute approximate surface area is 118 Å². The van der Waals surface area contributed by atoms with E-state index in [-0.39, 0.29) is 29.4 Å². The number of rotatable bonds is 3. The SMILES string of the molecule is O=C(O)C1CCN(C(=O)c2cc(Cl)ccc2[N+](=O)[O-])C1. The van der Waals surface area contributed by atoms with Crippen molar-refractivity contribution in [2.45, 2.75) is 6.42 Å². The Hall–Kier alpha value is -2.15. The highest BCUT2D eigenvalue weighted by molar-refractivity contribution is 6.31. The largest absolute Gasteiger partial charge is 0.481 e. The van der Waals surface area contributed by atoms with Crippen molar-refractivity contribution in [1.29, 1.82) is 0 Å². The molecule has 1 unspecified atom stereocenters. The quantitative estimate of drug-likeness (QED) is 0.677. The molecule has 106 valence electrons. The number of nitro benzene ring substituents is 1. The van der Waals surface area contributed by atoms with Gasteiger partial charge in [0, 0.05) is 24.2 Å².